The highest BCUT2D eigenvalue weighted by atomic mass is 32.2. The molecule has 1 aromatic rings. The molecule has 172 valence electrons. The quantitative estimate of drug-likeness (QED) is 0.396. The Morgan fingerprint density at radius 2 is 2.00 bits per heavy atom. The van der Waals surface area contributed by atoms with Crippen LogP contribution in [0.1, 0.15) is 39.2 Å². The van der Waals surface area contributed by atoms with Gasteiger partial charge >= 0.3 is 5.97 Å². The van der Waals surface area contributed by atoms with Gasteiger partial charge in [0, 0.05) is 18.7 Å². The molecule has 1 aliphatic heterocycles. The van der Waals surface area contributed by atoms with Gasteiger partial charge in [-0.3, -0.25) is 4.79 Å². The molecule has 0 radical (unpaired) electrons. The Balaban J connectivity index is 1.94. The summed E-state index contributed by atoms with van der Waals surface area (Å²) in [7, 11) is -1.58. The van der Waals surface area contributed by atoms with Crippen LogP contribution in [0.15, 0.2) is 24.3 Å². The monoisotopic (exact) mass is 453 g/mol. The fraction of sp³-hybridized carbons (Fsp3) is 0.545. The van der Waals surface area contributed by atoms with E-state index >= 15 is 0 Å². The van der Waals surface area contributed by atoms with Crippen LogP contribution in [0.2, 0.25) is 0 Å². The van der Waals surface area contributed by atoms with E-state index in [-0.39, 0.29) is 29.6 Å². The van der Waals surface area contributed by atoms with Crippen LogP contribution in [-0.4, -0.2) is 69.1 Å². The average molecular weight is 454 g/mol. The summed E-state index contributed by atoms with van der Waals surface area (Å²) in [6.45, 7) is 5.74. The second kappa shape index (κ2) is 11.2. The molecular weight excluding hydrogens is 422 g/mol. The van der Waals surface area contributed by atoms with Gasteiger partial charge in [-0.05, 0) is 50.5 Å². The summed E-state index contributed by atoms with van der Waals surface area (Å²) in [5, 5.41) is 0. The molecule has 0 saturated carbocycles. The van der Waals surface area contributed by atoms with Gasteiger partial charge in [0.05, 0.1) is 24.7 Å². The first-order chi connectivity index (χ1) is 14.6. The molecule has 1 amide bonds. The largest absolute Gasteiger partial charge is 0.493 e. The highest BCUT2D eigenvalue weighted by molar-refractivity contribution is 7.91. The maximum Gasteiger partial charge on any atom is 0.331 e. The number of carbonyl (C=O) groups is 2. The lowest BCUT2D eigenvalue weighted by Crippen LogP contribution is -2.43. The van der Waals surface area contributed by atoms with E-state index in [1.54, 1.807) is 24.3 Å². The molecule has 0 spiro atoms. The minimum atomic E-state index is -3.11. The number of hydrogen-bond donors (Lipinski definition) is 0. The molecule has 2 rings (SSSR count). The molecule has 0 bridgehead atoms. The zero-order valence-corrected chi connectivity index (χ0v) is 19.3. The summed E-state index contributed by atoms with van der Waals surface area (Å²) in [5.74, 6) is 0.144. The van der Waals surface area contributed by atoms with Gasteiger partial charge in [-0.25, -0.2) is 13.2 Å². The average Bonchev–Trinajstić information content (AvgIpc) is 3.08. The molecule has 8 nitrogen and oxygen atoms in total. The second-order valence-electron chi connectivity index (χ2n) is 7.66. The standard InChI is InChI=1S/C22H31NO7S/c1-5-11-23(18-10-12-31(26,27)15-18)21(24)14-29-22(25)9-7-17-6-8-19(30-16(2)3)20(13-17)28-4/h6-9,13,16,18H,5,10-12,14-15H2,1-4H3/b9-7+. The van der Waals surface area contributed by atoms with Gasteiger partial charge in [-0.15, -0.1) is 0 Å². The number of hydrogen-bond acceptors (Lipinski definition) is 7. The normalized spacial score (nSPS) is 17.6. The molecule has 1 fully saturated rings. The van der Waals surface area contributed by atoms with E-state index in [0.29, 0.717) is 36.4 Å². The lowest BCUT2D eigenvalue weighted by Gasteiger charge is -2.27. The van der Waals surface area contributed by atoms with Gasteiger partial charge in [0.1, 0.15) is 0 Å². The van der Waals surface area contributed by atoms with Crippen LogP contribution < -0.4 is 9.47 Å². The molecule has 0 aliphatic carbocycles. The molecule has 9 heteroatoms. The number of ether oxygens (including phenoxy) is 3. The predicted molar refractivity (Wildman–Crippen MR) is 118 cm³/mol. The van der Waals surface area contributed by atoms with E-state index in [4.69, 9.17) is 14.2 Å². The van der Waals surface area contributed by atoms with Gasteiger partial charge in [-0.2, -0.15) is 0 Å². The number of methoxy groups -OCH3 is 1. The first kappa shape index (κ1) is 24.7. The molecule has 1 saturated heterocycles. The molecule has 0 N–H and O–H groups in total. The lowest BCUT2D eigenvalue weighted by molar-refractivity contribution is -0.149. The number of carbonyl (C=O) groups excluding carboxylic acids is 2. The fourth-order valence-electron chi connectivity index (χ4n) is 3.34. The van der Waals surface area contributed by atoms with Crippen LogP contribution in [-0.2, 0) is 24.2 Å². The van der Waals surface area contributed by atoms with Gasteiger partial charge in [0.15, 0.2) is 27.9 Å². The van der Waals surface area contributed by atoms with Gasteiger partial charge in [0.2, 0.25) is 0 Å². The van der Waals surface area contributed by atoms with E-state index in [9.17, 15) is 18.0 Å². The Bertz CT molecular complexity index is 908. The van der Waals surface area contributed by atoms with Gasteiger partial charge in [-0.1, -0.05) is 13.0 Å². The number of sulfone groups is 1. The summed E-state index contributed by atoms with van der Waals surface area (Å²) in [6, 6.07) is 4.91. The molecule has 1 aromatic carbocycles. The lowest BCUT2D eigenvalue weighted by atomic mass is 10.2. The molecule has 1 heterocycles. The molecule has 1 unspecified atom stereocenters. The Labute approximate surface area is 184 Å². The molecule has 0 aromatic heterocycles. The van der Waals surface area contributed by atoms with Crippen molar-refractivity contribution < 1.29 is 32.2 Å². The smallest absolute Gasteiger partial charge is 0.331 e. The number of esters is 1. The third kappa shape index (κ3) is 7.57. The van der Waals surface area contributed by atoms with E-state index in [0.717, 1.165) is 0 Å². The Hall–Kier alpha value is -2.55. The molecular formula is C22H31NO7S. The molecule has 1 atom stereocenters. The number of amides is 1. The van der Waals surface area contributed by atoms with E-state index in [2.05, 4.69) is 0 Å². The van der Waals surface area contributed by atoms with Crippen molar-refractivity contribution in [2.45, 2.75) is 45.8 Å². The SMILES string of the molecule is CCCN(C(=O)COC(=O)/C=C/c1ccc(OC(C)C)c(OC)c1)C1CCS(=O)(=O)C1. The summed E-state index contributed by atoms with van der Waals surface area (Å²) >= 11 is 0. The summed E-state index contributed by atoms with van der Waals surface area (Å²) in [4.78, 5) is 26.1. The minimum absolute atomic E-state index is 0.000536. The minimum Gasteiger partial charge on any atom is -0.493 e. The Kier molecular flexibility index (Phi) is 8.91. The van der Waals surface area contributed by atoms with Gasteiger partial charge in [0.25, 0.3) is 5.91 Å². The Morgan fingerprint density at radius 1 is 1.26 bits per heavy atom. The van der Waals surface area contributed by atoms with Gasteiger partial charge < -0.3 is 19.1 Å². The highest BCUT2D eigenvalue weighted by Crippen LogP contribution is 2.29. The summed E-state index contributed by atoms with van der Waals surface area (Å²) < 4.78 is 39.5. The summed E-state index contributed by atoms with van der Waals surface area (Å²) in [5.41, 5.74) is 0.708. The maximum absolute atomic E-state index is 12.5. The van der Waals surface area contributed by atoms with Crippen LogP contribution >= 0.6 is 0 Å². The zero-order chi connectivity index (χ0) is 23.0. The van der Waals surface area contributed by atoms with Crippen molar-refractivity contribution in [2.75, 3.05) is 31.8 Å². The highest BCUT2D eigenvalue weighted by Gasteiger charge is 2.34. The maximum atomic E-state index is 12.5. The van der Waals surface area contributed by atoms with E-state index in [1.807, 2.05) is 20.8 Å². The summed E-state index contributed by atoms with van der Waals surface area (Å²) in [6.07, 6.45) is 3.89. The fourth-order valence-corrected chi connectivity index (χ4v) is 5.07. The Morgan fingerprint density at radius 3 is 2.58 bits per heavy atom. The topological polar surface area (TPSA) is 99.2 Å². The zero-order valence-electron chi connectivity index (χ0n) is 18.5. The van der Waals surface area contributed by atoms with Crippen molar-refractivity contribution in [3.8, 4) is 11.5 Å². The van der Waals surface area contributed by atoms with Crippen molar-refractivity contribution in [1.82, 2.24) is 4.90 Å². The van der Waals surface area contributed by atoms with Crippen LogP contribution in [0.25, 0.3) is 6.08 Å². The number of nitrogens with zero attached hydrogens (tertiary/aromatic N) is 1. The van der Waals surface area contributed by atoms with E-state index in [1.165, 1.54) is 18.1 Å². The van der Waals surface area contributed by atoms with Crippen LogP contribution in [0, 0.1) is 0 Å². The third-order valence-corrected chi connectivity index (χ3v) is 6.48. The third-order valence-electron chi connectivity index (χ3n) is 4.73. The van der Waals surface area contributed by atoms with Crippen molar-refractivity contribution in [3.63, 3.8) is 0 Å². The molecule has 31 heavy (non-hydrogen) atoms. The van der Waals surface area contributed by atoms with Crippen LogP contribution in [0.4, 0.5) is 0 Å². The van der Waals surface area contributed by atoms with Crippen LogP contribution in [0.5, 0.6) is 11.5 Å². The number of benzene rings is 1. The predicted octanol–water partition coefficient (Wildman–Crippen LogP) is 2.46. The second-order valence-corrected chi connectivity index (χ2v) is 9.89. The first-order valence-electron chi connectivity index (χ1n) is 10.3. The van der Waals surface area contributed by atoms with Crippen LogP contribution in [0.3, 0.4) is 0 Å². The molecule has 1 aliphatic rings. The number of rotatable bonds is 10. The van der Waals surface area contributed by atoms with E-state index < -0.39 is 22.4 Å². The van der Waals surface area contributed by atoms with Crippen molar-refractivity contribution in [1.29, 1.82) is 0 Å². The van der Waals surface area contributed by atoms with Crippen molar-refractivity contribution >= 4 is 27.8 Å². The first-order valence-corrected chi connectivity index (χ1v) is 12.2. The van der Waals surface area contributed by atoms with Crippen molar-refractivity contribution in [3.05, 3.63) is 29.8 Å². The van der Waals surface area contributed by atoms with Crippen molar-refractivity contribution in [2.24, 2.45) is 0 Å².